The van der Waals surface area contributed by atoms with Gasteiger partial charge in [0.1, 0.15) is 0 Å². The average Bonchev–Trinajstić information content (AvgIpc) is 3.16. The molecule has 0 atom stereocenters. The molecule has 0 spiro atoms. The Hall–Kier alpha value is -2.90. The third-order valence-electron chi connectivity index (χ3n) is 5.35. The average molecular weight is 334 g/mol. The third-order valence-corrected chi connectivity index (χ3v) is 6.23. The number of hydrogen-bond acceptors (Lipinski definition) is 1. The van der Waals surface area contributed by atoms with E-state index in [0.717, 1.165) is 0 Å². The standard InChI is InChI=1S/C24H14S/c1-2-4-16-15(3-1)5-6-18-17(16)7-8-20-19(18)9-10-22-21(20)11-12-24-23(22)13-14-25-24/h1-14H. The van der Waals surface area contributed by atoms with Crippen molar-refractivity contribution in [3.8, 4) is 0 Å². The second-order valence-electron chi connectivity index (χ2n) is 6.60. The third kappa shape index (κ3) is 1.76. The van der Waals surface area contributed by atoms with Crippen molar-refractivity contribution in [3.63, 3.8) is 0 Å². The second-order valence-corrected chi connectivity index (χ2v) is 7.55. The van der Waals surface area contributed by atoms with Crippen LogP contribution in [0.4, 0.5) is 0 Å². The van der Waals surface area contributed by atoms with Crippen molar-refractivity contribution < 1.29 is 0 Å². The van der Waals surface area contributed by atoms with Crippen molar-refractivity contribution in [2.75, 3.05) is 0 Å². The van der Waals surface area contributed by atoms with E-state index in [4.69, 9.17) is 0 Å². The van der Waals surface area contributed by atoms with Crippen LogP contribution in [-0.4, -0.2) is 0 Å². The Morgan fingerprint density at radius 1 is 0.400 bits per heavy atom. The molecule has 0 aliphatic heterocycles. The molecule has 6 aromatic rings. The molecule has 1 aromatic heterocycles. The van der Waals surface area contributed by atoms with E-state index in [1.807, 2.05) is 11.3 Å². The quantitative estimate of drug-likeness (QED) is 0.252. The van der Waals surface area contributed by atoms with Gasteiger partial charge in [0.2, 0.25) is 0 Å². The summed E-state index contributed by atoms with van der Waals surface area (Å²) in [5, 5.41) is 14.2. The number of hydrogen-bond donors (Lipinski definition) is 0. The van der Waals surface area contributed by atoms with Gasteiger partial charge >= 0.3 is 0 Å². The van der Waals surface area contributed by atoms with Gasteiger partial charge < -0.3 is 0 Å². The fraction of sp³-hybridized carbons (Fsp3) is 0. The first-order valence-corrected chi connectivity index (χ1v) is 9.41. The Balaban J connectivity index is 1.84. The van der Waals surface area contributed by atoms with Gasteiger partial charge in [-0.05, 0) is 60.6 Å². The molecule has 0 saturated carbocycles. The molecule has 116 valence electrons. The minimum atomic E-state index is 1.30. The largest absolute Gasteiger partial charge is 0.144 e. The molecule has 5 aromatic carbocycles. The van der Waals surface area contributed by atoms with E-state index in [1.165, 1.54) is 53.2 Å². The Morgan fingerprint density at radius 2 is 0.960 bits per heavy atom. The minimum absolute atomic E-state index is 1.30. The van der Waals surface area contributed by atoms with E-state index in [9.17, 15) is 0 Å². The topological polar surface area (TPSA) is 0 Å². The summed E-state index contributed by atoms with van der Waals surface area (Å²) in [5.41, 5.74) is 0. The lowest BCUT2D eigenvalue weighted by Gasteiger charge is -2.10. The minimum Gasteiger partial charge on any atom is -0.144 e. The van der Waals surface area contributed by atoms with Gasteiger partial charge in [0, 0.05) is 10.1 Å². The van der Waals surface area contributed by atoms with Crippen molar-refractivity contribution in [1.29, 1.82) is 0 Å². The van der Waals surface area contributed by atoms with Gasteiger partial charge in [0.05, 0.1) is 0 Å². The molecule has 1 heterocycles. The smallest absolute Gasteiger partial charge is 0.0349 e. The van der Waals surface area contributed by atoms with Crippen LogP contribution >= 0.6 is 11.3 Å². The summed E-state index contributed by atoms with van der Waals surface area (Å²) in [6, 6.07) is 29.1. The highest BCUT2D eigenvalue weighted by atomic mass is 32.1. The van der Waals surface area contributed by atoms with Crippen LogP contribution in [0.1, 0.15) is 0 Å². The first kappa shape index (κ1) is 13.4. The van der Waals surface area contributed by atoms with Crippen LogP contribution in [-0.2, 0) is 0 Å². The molecule has 0 aliphatic rings. The lowest BCUT2D eigenvalue weighted by molar-refractivity contribution is 1.79. The summed E-state index contributed by atoms with van der Waals surface area (Å²) in [6.07, 6.45) is 0. The SMILES string of the molecule is c1ccc2c(c1)ccc1c2ccc2c3ccc4sccc4c3ccc12. The molecule has 0 radical (unpaired) electrons. The van der Waals surface area contributed by atoms with E-state index in [1.54, 1.807) is 0 Å². The molecule has 0 N–H and O–H groups in total. The molecule has 0 amide bonds. The fourth-order valence-corrected chi connectivity index (χ4v) is 4.98. The van der Waals surface area contributed by atoms with Crippen molar-refractivity contribution >= 4 is 64.5 Å². The first-order valence-electron chi connectivity index (χ1n) is 8.53. The molecule has 0 bridgehead atoms. The number of benzene rings is 5. The summed E-state index contributed by atoms with van der Waals surface area (Å²) in [6.45, 7) is 0. The maximum absolute atomic E-state index is 2.30. The van der Waals surface area contributed by atoms with Crippen LogP contribution in [0.2, 0.25) is 0 Å². The summed E-state index contributed by atoms with van der Waals surface area (Å²) in [7, 11) is 0. The lowest BCUT2D eigenvalue weighted by atomic mass is 9.93. The Bertz CT molecular complexity index is 1440. The molecule has 0 unspecified atom stereocenters. The van der Waals surface area contributed by atoms with Gasteiger partial charge in [-0.25, -0.2) is 0 Å². The Kier molecular flexibility index (Phi) is 2.58. The monoisotopic (exact) mass is 334 g/mol. The number of fused-ring (bicyclic) bond motifs is 9. The molecule has 0 aliphatic carbocycles. The highest BCUT2D eigenvalue weighted by Crippen LogP contribution is 2.37. The predicted molar refractivity (Wildman–Crippen MR) is 112 cm³/mol. The molecular formula is C24H14S. The highest BCUT2D eigenvalue weighted by molar-refractivity contribution is 7.17. The van der Waals surface area contributed by atoms with Crippen LogP contribution < -0.4 is 0 Å². The van der Waals surface area contributed by atoms with E-state index >= 15 is 0 Å². The molecule has 6 rings (SSSR count). The maximum Gasteiger partial charge on any atom is 0.0349 e. The summed E-state index contributed by atoms with van der Waals surface area (Å²) >= 11 is 1.81. The molecule has 25 heavy (non-hydrogen) atoms. The van der Waals surface area contributed by atoms with Crippen LogP contribution in [0.3, 0.4) is 0 Å². The van der Waals surface area contributed by atoms with Gasteiger partial charge in [0.15, 0.2) is 0 Å². The summed E-state index contributed by atoms with van der Waals surface area (Å²) in [4.78, 5) is 0. The van der Waals surface area contributed by atoms with Gasteiger partial charge in [-0.1, -0.05) is 66.7 Å². The van der Waals surface area contributed by atoms with Crippen molar-refractivity contribution in [1.82, 2.24) is 0 Å². The zero-order chi connectivity index (χ0) is 16.4. The Labute approximate surface area is 148 Å². The van der Waals surface area contributed by atoms with Gasteiger partial charge in [-0.15, -0.1) is 11.3 Å². The van der Waals surface area contributed by atoms with Crippen LogP contribution in [0, 0.1) is 0 Å². The van der Waals surface area contributed by atoms with Crippen LogP contribution in [0.15, 0.2) is 84.2 Å². The fourth-order valence-electron chi connectivity index (χ4n) is 4.17. The van der Waals surface area contributed by atoms with Crippen molar-refractivity contribution in [3.05, 3.63) is 84.2 Å². The Morgan fingerprint density at radius 3 is 1.72 bits per heavy atom. The maximum atomic E-state index is 2.30. The predicted octanol–water partition coefficient (Wildman–Crippen LogP) is 7.51. The normalized spacial score (nSPS) is 12.0. The number of thiophene rings is 1. The lowest BCUT2D eigenvalue weighted by Crippen LogP contribution is -1.83. The van der Waals surface area contributed by atoms with E-state index in [0.29, 0.717) is 0 Å². The van der Waals surface area contributed by atoms with Crippen molar-refractivity contribution in [2.24, 2.45) is 0 Å². The highest BCUT2D eigenvalue weighted by Gasteiger charge is 2.09. The zero-order valence-electron chi connectivity index (χ0n) is 13.5. The van der Waals surface area contributed by atoms with E-state index < -0.39 is 0 Å². The molecule has 0 saturated heterocycles. The van der Waals surface area contributed by atoms with Gasteiger partial charge in [-0.2, -0.15) is 0 Å². The molecule has 0 nitrogen and oxygen atoms in total. The van der Waals surface area contributed by atoms with Crippen molar-refractivity contribution in [2.45, 2.75) is 0 Å². The van der Waals surface area contributed by atoms with E-state index in [2.05, 4.69) is 84.2 Å². The number of rotatable bonds is 0. The van der Waals surface area contributed by atoms with Crippen LogP contribution in [0.25, 0.3) is 53.2 Å². The molecular weight excluding hydrogens is 320 g/mol. The summed E-state index contributed by atoms with van der Waals surface area (Å²) < 4.78 is 1.36. The van der Waals surface area contributed by atoms with E-state index in [-0.39, 0.29) is 0 Å². The summed E-state index contributed by atoms with van der Waals surface area (Å²) in [5.74, 6) is 0. The van der Waals surface area contributed by atoms with Crippen LogP contribution in [0.5, 0.6) is 0 Å². The van der Waals surface area contributed by atoms with Gasteiger partial charge in [-0.3, -0.25) is 0 Å². The molecule has 0 fully saturated rings. The first-order chi connectivity index (χ1) is 12.4. The van der Waals surface area contributed by atoms with Gasteiger partial charge in [0.25, 0.3) is 0 Å². The molecule has 1 heteroatoms. The second kappa shape index (κ2) is 4.81. The zero-order valence-corrected chi connectivity index (χ0v) is 14.3.